The van der Waals surface area contributed by atoms with Crippen LogP contribution in [0.15, 0.2) is 42.6 Å². The molecule has 0 aliphatic carbocycles. The Morgan fingerprint density at radius 2 is 1.92 bits per heavy atom. The second-order valence-electron chi connectivity index (χ2n) is 5.43. The maximum atomic E-state index is 12.0. The molecule has 0 radical (unpaired) electrons. The van der Waals surface area contributed by atoms with E-state index in [-0.39, 0.29) is 36.6 Å². The fourth-order valence-electron chi connectivity index (χ4n) is 2.18. The number of nitrogens with zero attached hydrogens (tertiary/aromatic N) is 1. The number of nitrogens with one attached hydrogen (secondary N) is 2. The number of pyridine rings is 1. The zero-order valence-corrected chi connectivity index (χ0v) is 16.7. The summed E-state index contributed by atoms with van der Waals surface area (Å²) in [4.78, 5) is 16.3. The Morgan fingerprint density at radius 3 is 2.62 bits per heavy atom. The highest BCUT2D eigenvalue weighted by Gasteiger charge is 2.13. The lowest BCUT2D eigenvalue weighted by Crippen LogP contribution is -2.34. The maximum absolute atomic E-state index is 12.0. The highest BCUT2D eigenvalue weighted by Crippen LogP contribution is 2.26. The summed E-state index contributed by atoms with van der Waals surface area (Å²) in [6.45, 7) is 2.87. The van der Waals surface area contributed by atoms with Crippen LogP contribution in [0.1, 0.15) is 12.5 Å². The van der Waals surface area contributed by atoms with Crippen molar-refractivity contribution in [3.8, 4) is 17.4 Å². The molecular weight excluding hydrogens is 377 g/mol. The number of amides is 1. The second-order valence-corrected chi connectivity index (χ2v) is 5.43. The average Bonchev–Trinajstić information content (AvgIpc) is 2.61. The van der Waals surface area contributed by atoms with Gasteiger partial charge in [-0.15, -0.1) is 24.8 Å². The van der Waals surface area contributed by atoms with Gasteiger partial charge in [0.1, 0.15) is 11.5 Å². The number of rotatable bonds is 8. The molecule has 8 heteroatoms. The van der Waals surface area contributed by atoms with Crippen LogP contribution >= 0.6 is 24.8 Å². The number of benzene rings is 1. The predicted molar refractivity (Wildman–Crippen MR) is 107 cm³/mol. The monoisotopic (exact) mass is 401 g/mol. The highest BCUT2D eigenvalue weighted by atomic mass is 35.5. The Hall–Kier alpha value is -2.02. The van der Waals surface area contributed by atoms with Gasteiger partial charge in [0, 0.05) is 36.8 Å². The SMILES string of the molecule is CNCC(C)C(=O)NCc1cccnc1Oc1cccc(OC)c1.Cl.Cl. The summed E-state index contributed by atoms with van der Waals surface area (Å²) in [7, 11) is 3.43. The number of ether oxygens (including phenoxy) is 2. The molecule has 2 aromatic rings. The maximum Gasteiger partial charge on any atom is 0.224 e. The second kappa shape index (κ2) is 12.4. The topological polar surface area (TPSA) is 72.5 Å². The smallest absolute Gasteiger partial charge is 0.224 e. The molecule has 0 saturated carbocycles. The van der Waals surface area contributed by atoms with Crippen LogP contribution in [0.3, 0.4) is 0 Å². The first kappa shape index (κ1) is 24.0. The van der Waals surface area contributed by atoms with Crippen LogP contribution in [0.5, 0.6) is 17.4 Å². The first-order valence-corrected chi connectivity index (χ1v) is 7.82. The van der Waals surface area contributed by atoms with Gasteiger partial charge in [-0.2, -0.15) is 0 Å². The number of hydrogen-bond donors (Lipinski definition) is 2. The molecule has 0 fully saturated rings. The van der Waals surface area contributed by atoms with Crippen molar-refractivity contribution in [2.75, 3.05) is 20.7 Å². The first-order chi connectivity index (χ1) is 11.6. The van der Waals surface area contributed by atoms with Crippen LogP contribution in [-0.4, -0.2) is 31.6 Å². The lowest BCUT2D eigenvalue weighted by atomic mass is 10.1. The number of hydrogen-bond acceptors (Lipinski definition) is 5. The van der Waals surface area contributed by atoms with Gasteiger partial charge in [0.2, 0.25) is 11.8 Å². The number of halogens is 2. The molecule has 1 unspecified atom stereocenters. The summed E-state index contributed by atoms with van der Waals surface area (Å²) in [5.74, 6) is 1.69. The molecule has 0 saturated heterocycles. The van der Waals surface area contributed by atoms with Crippen LogP contribution in [0.4, 0.5) is 0 Å². The van der Waals surface area contributed by atoms with Crippen molar-refractivity contribution in [2.45, 2.75) is 13.5 Å². The third kappa shape index (κ3) is 7.07. The lowest BCUT2D eigenvalue weighted by Gasteiger charge is -2.14. The number of carbonyl (C=O) groups is 1. The van der Waals surface area contributed by atoms with Gasteiger partial charge < -0.3 is 20.1 Å². The molecule has 0 aliphatic rings. The molecule has 1 heterocycles. The molecular formula is C18H25Cl2N3O3. The quantitative estimate of drug-likeness (QED) is 0.710. The molecule has 1 aromatic carbocycles. The van der Waals surface area contributed by atoms with Crippen molar-refractivity contribution in [2.24, 2.45) is 5.92 Å². The fraction of sp³-hybridized carbons (Fsp3) is 0.333. The first-order valence-electron chi connectivity index (χ1n) is 7.82. The van der Waals surface area contributed by atoms with Gasteiger partial charge in [-0.05, 0) is 25.2 Å². The highest BCUT2D eigenvalue weighted by molar-refractivity contribution is 5.85. The van der Waals surface area contributed by atoms with Crippen molar-refractivity contribution in [3.05, 3.63) is 48.2 Å². The minimum atomic E-state index is -0.102. The van der Waals surface area contributed by atoms with Crippen LogP contribution in [0.25, 0.3) is 0 Å². The minimum absolute atomic E-state index is 0. The molecule has 1 aromatic heterocycles. The Balaban J connectivity index is 0.00000312. The molecule has 0 aliphatic heterocycles. The lowest BCUT2D eigenvalue weighted by molar-refractivity contribution is -0.124. The zero-order valence-electron chi connectivity index (χ0n) is 15.0. The molecule has 1 atom stereocenters. The molecule has 1 amide bonds. The minimum Gasteiger partial charge on any atom is -0.497 e. The van der Waals surface area contributed by atoms with Gasteiger partial charge >= 0.3 is 0 Å². The number of carbonyl (C=O) groups excluding carboxylic acids is 1. The summed E-state index contributed by atoms with van der Waals surface area (Å²) in [5.41, 5.74) is 0.810. The van der Waals surface area contributed by atoms with Crippen molar-refractivity contribution in [1.82, 2.24) is 15.6 Å². The van der Waals surface area contributed by atoms with Gasteiger partial charge in [0.15, 0.2) is 0 Å². The Bertz CT molecular complexity index is 686. The number of methoxy groups -OCH3 is 1. The van der Waals surface area contributed by atoms with Crippen LogP contribution in [0, 0.1) is 5.92 Å². The van der Waals surface area contributed by atoms with Crippen LogP contribution in [0.2, 0.25) is 0 Å². The van der Waals surface area contributed by atoms with Gasteiger partial charge in [-0.3, -0.25) is 4.79 Å². The van der Waals surface area contributed by atoms with E-state index in [0.717, 1.165) is 5.56 Å². The van der Waals surface area contributed by atoms with Gasteiger partial charge in [-0.25, -0.2) is 4.98 Å². The Kier molecular flexibility index (Phi) is 11.4. The standard InChI is InChI=1S/C18H23N3O3.2ClH/c1-13(11-19-2)17(22)21-12-14-6-5-9-20-18(14)24-16-8-4-7-15(10-16)23-3;;/h4-10,13,19H,11-12H2,1-3H3,(H,21,22);2*1H. The van der Waals surface area contributed by atoms with Crippen molar-refractivity contribution in [1.29, 1.82) is 0 Å². The zero-order chi connectivity index (χ0) is 17.4. The van der Waals surface area contributed by atoms with E-state index in [2.05, 4.69) is 15.6 Å². The van der Waals surface area contributed by atoms with Crippen LogP contribution < -0.4 is 20.1 Å². The van der Waals surface area contributed by atoms with E-state index in [1.165, 1.54) is 0 Å². The van der Waals surface area contributed by atoms with E-state index in [0.29, 0.717) is 30.5 Å². The summed E-state index contributed by atoms with van der Waals surface area (Å²) in [6, 6.07) is 11.0. The van der Waals surface area contributed by atoms with E-state index in [9.17, 15) is 4.79 Å². The average molecular weight is 402 g/mol. The third-order valence-corrected chi connectivity index (χ3v) is 3.52. The van der Waals surface area contributed by atoms with E-state index >= 15 is 0 Å². The van der Waals surface area contributed by atoms with Gasteiger partial charge in [-0.1, -0.05) is 19.1 Å². The summed E-state index contributed by atoms with van der Waals surface area (Å²) in [5, 5.41) is 5.90. The summed E-state index contributed by atoms with van der Waals surface area (Å²) >= 11 is 0. The Morgan fingerprint density at radius 1 is 1.19 bits per heavy atom. The van der Waals surface area contributed by atoms with Gasteiger partial charge in [0.05, 0.1) is 7.11 Å². The van der Waals surface area contributed by atoms with E-state index < -0.39 is 0 Å². The van der Waals surface area contributed by atoms with E-state index in [1.807, 2.05) is 44.3 Å². The molecule has 2 rings (SSSR count). The summed E-state index contributed by atoms with van der Waals surface area (Å²) in [6.07, 6.45) is 1.66. The van der Waals surface area contributed by atoms with Crippen molar-refractivity contribution >= 4 is 30.7 Å². The summed E-state index contributed by atoms with van der Waals surface area (Å²) < 4.78 is 11.0. The van der Waals surface area contributed by atoms with Crippen molar-refractivity contribution in [3.63, 3.8) is 0 Å². The fourth-order valence-corrected chi connectivity index (χ4v) is 2.18. The normalized spacial score (nSPS) is 10.7. The van der Waals surface area contributed by atoms with E-state index in [1.54, 1.807) is 19.4 Å². The molecule has 2 N–H and O–H groups in total. The molecule has 26 heavy (non-hydrogen) atoms. The number of aromatic nitrogens is 1. The van der Waals surface area contributed by atoms with Crippen molar-refractivity contribution < 1.29 is 14.3 Å². The molecule has 6 nitrogen and oxygen atoms in total. The third-order valence-electron chi connectivity index (χ3n) is 3.52. The molecule has 144 valence electrons. The predicted octanol–water partition coefficient (Wildman–Crippen LogP) is 3.20. The van der Waals surface area contributed by atoms with Gasteiger partial charge in [0.25, 0.3) is 0 Å². The van der Waals surface area contributed by atoms with E-state index in [4.69, 9.17) is 9.47 Å². The largest absolute Gasteiger partial charge is 0.497 e. The molecule has 0 spiro atoms. The van der Waals surface area contributed by atoms with Crippen LogP contribution in [-0.2, 0) is 11.3 Å². The Labute approximate surface area is 166 Å². The molecule has 0 bridgehead atoms.